The van der Waals surface area contributed by atoms with E-state index in [0.717, 1.165) is 11.3 Å². The van der Waals surface area contributed by atoms with E-state index in [4.69, 9.17) is 9.15 Å². The van der Waals surface area contributed by atoms with Crippen molar-refractivity contribution < 1.29 is 9.15 Å². The van der Waals surface area contributed by atoms with Crippen LogP contribution in [0.5, 0.6) is 5.75 Å². The third-order valence-electron chi connectivity index (χ3n) is 3.14. The molecule has 0 amide bonds. The first kappa shape index (κ1) is 14.3. The van der Waals surface area contributed by atoms with Crippen LogP contribution in [-0.2, 0) is 6.54 Å². The number of anilines is 1. The zero-order valence-corrected chi connectivity index (χ0v) is 12.3. The number of nitrogens with zero attached hydrogens (tertiary/aromatic N) is 3. The lowest BCUT2D eigenvalue weighted by Gasteiger charge is -2.14. The summed E-state index contributed by atoms with van der Waals surface area (Å²) in [7, 11) is 5.44. The molecule has 1 N–H and O–H groups in total. The van der Waals surface area contributed by atoms with Gasteiger partial charge in [-0.3, -0.25) is 0 Å². The Bertz CT molecular complexity index is 538. The summed E-state index contributed by atoms with van der Waals surface area (Å²) in [6, 6.07) is 8.46. The van der Waals surface area contributed by atoms with Crippen molar-refractivity contribution in [3.8, 4) is 5.75 Å². The van der Waals surface area contributed by atoms with Crippen LogP contribution in [0.1, 0.15) is 24.4 Å². The lowest BCUT2D eigenvalue weighted by molar-refractivity contribution is 0.414. The van der Waals surface area contributed by atoms with Crippen LogP contribution < -0.4 is 15.0 Å². The number of hydrogen-bond acceptors (Lipinski definition) is 6. The van der Waals surface area contributed by atoms with E-state index in [0.29, 0.717) is 18.5 Å². The molecule has 20 heavy (non-hydrogen) atoms. The van der Waals surface area contributed by atoms with E-state index < -0.39 is 0 Å². The van der Waals surface area contributed by atoms with Gasteiger partial charge in [-0.15, -0.1) is 5.10 Å². The summed E-state index contributed by atoms with van der Waals surface area (Å²) in [5.41, 5.74) is 1.15. The minimum absolute atomic E-state index is 0.0469. The fourth-order valence-electron chi connectivity index (χ4n) is 1.75. The highest BCUT2D eigenvalue weighted by Gasteiger charge is 2.14. The van der Waals surface area contributed by atoms with Crippen LogP contribution in [0.25, 0.3) is 0 Å². The van der Waals surface area contributed by atoms with E-state index in [1.807, 2.05) is 50.2 Å². The number of benzene rings is 1. The van der Waals surface area contributed by atoms with Gasteiger partial charge in [-0.2, -0.15) is 0 Å². The number of methoxy groups -OCH3 is 1. The number of ether oxygens (including phenoxy) is 1. The molecule has 1 heterocycles. The topological polar surface area (TPSA) is 63.4 Å². The van der Waals surface area contributed by atoms with E-state index in [1.54, 1.807) is 7.11 Å². The first-order valence-corrected chi connectivity index (χ1v) is 6.48. The first-order valence-electron chi connectivity index (χ1n) is 6.48. The molecule has 0 saturated carbocycles. The molecule has 1 atom stereocenters. The predicted octanol–water partition coefficient (Wildman–Crippen LogP) is 1.99. The van der Waals surface area contributed by atoms with Crippen molar-refractivity contribution in [1.82, 2.24) is 15.5 Å². The fourth-order valence-corrected chi connectivity index (χ4v) is 1.75. The normalized spacial score (nSPS) is 12.2. The van der Waals surface area contributed by atoms with Gasteiger partial charge in [0.15, 0.2) is 0 Å². The minimum atomic E-state index is 0.0469. The number of nitrogens with one attached hydrogen (secondary N) is 1. The molecule has 108 valence electrons. The Hall–Kier alpha value is -2.08. The summed E-state index contributed by atoms with van der Waals surface area (Å²) in [6.07, 6.45) is 0. The molecular formula is C14H20N4O2. The molecule has 2 aromatic rings. The first-order chi connectivity index (χ1) is 9.63. The largest absolute Gasteiger partial charge is 0.497 e. The van der Waals surface area contributed by atoms with Crippen molar-refractivity contribution in [2.45, 2.75) is 19.5 Å². The standard InChI is InChI=1S/C14H20N4O2/c1-10(15-2)13-16-17-14(20-13)18(3)9-11-5-7-12(19-4)8-6-11/h5-8,10,15H,9H2,1-4H3. The van der Waals surface area contributed by atoms with Crippen molar-refractivity contribution in [2.24, 2.45) is 0 Å². The highest BCUT2D eigenvalue weighted by molar-refractivity contribution is 5.31. The van der Waals surface area contributed by atoms with E-state index in [2.05, 4.69) is 15.5 Å². The molecule has 0 aliphatic carbocycles. The van der Waals surface area contributed by atoms with Gasteiger partial charge < -0.3 is 19.4 Å². The van der Waals surface area contributed by atoms with Crippen LogP contribution in [0.4, 0.5) is 6.01 Å². The SMILES string of the molecule is CNC(C)c1nnc(N(C)Cc2ccc(OC)cc2)o1. The van der Waals surface area contributed by atoms with Crippen molar-refractivity contribution in [2.75, 3.05) is 26.1 Å². The molecule has 1 unspecified atom stereocenters. The molecule has 6 heteroatoms. The van der Waals surface area contributed by atoms with Gasteiger partial charge in [0, 0.05) is 13.6 Å². The summed E-state index contributed by atoms with van der Waals surface area (Å²) >= 11 is 0. The minimum Gasteiger partial charge on any atom is -0.497 e. The molecule has 0 saturated heterocycles. The van der Waals surface area contributed by atoms with Crippen LogP contribution in [0.2, 0.25) is 0 Å². The molecule has 0 spiro atoms. The Morgan fingerprint density at radius 2 is 2.00 bits per heavy atom. The maximum Gasteiger partial charge on any atom is 0.318 e. The molecular weight excluding hydrogens is 256 g/mol. The lowest BCUT2D eigenvalue weighted by Crippen LogP contribution is -2.16. The zero-order valence-electron chi connectivity index (χ0n) is 12.3. The summed E-state index contributed by atoms with van der Waals surface area (Å²) < 4.78 is 10.8. The Labute approximate surface area is 118 Å². The second kappa shape index (κ2) is 6.38. The zero-order chi connectivity index (χ0) is 14.5. The van der Waals surface area contributed by atoms with Crippen LogP contribution >= 0.6 is 0 Å². The summed E-state index contributed by atoms with van der Waals surface area (Å²) in [6.45, 7) is 2.67. The van der Waals surface area contributed by atoms with Gasteiger partial charge in [0.25, 0.3) is 0 Å². The van der Waals surface area contributed by atoms with Crippen molar-refractivity contribution in [1.29, 1.82) is 0 Å². The van der Waals surface area contributed by atoms with Crippen molar-refractivity contribution in [3.63, 3.8) is 0 Å². The van der Waals surface area contributed by atoms with E-state index in [9.17, 15) is 0 Å². The molecule has 1 aromatic carbocycles. The average Bonchev–Trinajstić information content (AvgIpc) is 2.97. The quantitative estimate of drug-likeness (QED) is 0.870. The van der Waals surface area contributed by atoms with Gasteiger partial charge in [0.1, 0.15) is 5.75 Å². The average molecular weight is 276 g/mol. The Balaban J connectivity index is 2.03. The van der Waals surface area contributed by atoms with Gasteiger partial charge in [0.2, 0.25) is 5.89 Å². The maximum atomic E-state index is 5.63. The molecule has 0 aliphatic heterocycles. The second-order valence-electron chi connectivity index (χ2n) is 4.64. The number of hydrogen-bond donors (Lipinski definition) is 1. The highest BCUT2D eigenvalue weighted by Crippen LogP contribution is 2.18. The summed E-state index contributed by atoms with van der Waals surface area (Å²) in [5, 5.41) is 11.2. The van der Waals surface area contributed by atoms with Gasteiger partial charge in [-0.1, -0.05) is 17.2 Å². The Morgan fingerprint density at radius 1 is 1.30 bits per heavy atom. The summed E-state index contributed by atoms with van der Waals surface area (Å²) in [5.74, 6) is 1.43. The second-order valence-corrected chi connectivity index (χ2v) is 4.64. The molecule has 2 rings (SSSR count). The molecule has 0 fully saturated rings. The predicted molar refractivity (Wildman–Crippen MR) is 76.9 cm³/mol. The molecule has 0 bridgehead atoms. The molecule has 0 radical (unpaired) electrons. The van der Waals surface area contributed by atoms with Crippen molar-refractivity contribution >= 4 is 6.01 Å². The van der Waals surface area contributed by atoms with Crippen LogP contribution in [0.15, 0.2) is 28.7 Å². The monoisotopic (exact) mass is 276 g/mol. The van der Waals surface area contributed by atoms with Crippen LogP contribution in [-0.4, -0.2) is 31.4 Å². The Morgan fingerprint density at radius 3 is 2.60 bits per heavy atom. The van der Waals surface area contributed by atoms with E-state index >= 15 is 0 Å². The number of rotatable bonds is 6. The smallest absolute Gasteiger partial charge is 0.318 e. The van der Waals surface area contributed by atoms with Gasteiger partial charge in [-0.05, 0) is 31.7 Å². The summed E-state index contributed by atoms with van der Waals surface area (Å²) in [4.78, 5) is 1.92. The molecule has 1 aromatic heterocycles. The van der Waals surface area contributed by atoms with E-state index in [-0.39, 0.29) is 6.04 Å². The number of aromatic nitrogens is 2. The van der Waals surface area contributed by atoms with Gasteiger partial charge in [-0.25, -0.2) is 0 Å². The third-order valence-corrected chi connectivity index (χ3v) is 3.14. The fraction of sp³-hybridized carbons (Fsp3) is 0.429. The molecule has 6 nitrogen and oxygen atoms in total. The van der Waals surface area contributed by atoms with Gasteiger partial charge >= 0.3 is 6.01 Å². The van der Waals surface area contributed by atoms with Crippen LogP contribution in [0.3, 0.4) is 0 Å². The maximum absolute atomic E-state index is 5.63. The third kappa shape index (κ3) is 3.27. The van der Waals surface area contributed by atoms with E-state index in [1.165, 1.54) is 0 Å². The van der Waals surface area contributed by atoms with Crippen molar-refractivity contribution in [3.05, 3.63) is 35.7 Å². The highest BCUT2D eigenvalue weighted by atomic mass is 16.5. The molecule has 0 aliphatic rings. The van der Waals surface area contributed by atoms with Crippen LogP contribution in [0, 0.1) is 0 Å². The lowest BCUT2D eigenvalue weighted by atomic mass is 10.2. The van der Waals surface area contributed by atoms with Gasteiger partial charge in [0.05, 0.1) is 13.2 Å². The Kier molecular flexibility index (Phi) is 4.57.